The molecule has 0 saturated heterocycles. The monoisotopic (exact) mass is 238 g/mol. The summed E-state index contributed by atoms with van der Waals surface area (Å²) in [6.07, 6.45) is 1.86. The minimum Gasteiger partial charge on any atom is -0.398 e. The molecular formula is C14H14N4. The quantitative estimate of drug-likeness (QED) is 0.709. The first kappa shape index (κ1) is 10.8. The van der Waals surface area contributed by atoms with Crippen molar-refractivity contribution in [1.29, 1.82) is 0 Å². The van der Waals surface area contributed by atoms with Crippen LogP contribution in [-0.4, -0.2) is 14.6 Å². The summed E-state index contributed by atoms with van der Waals surface area (Å²) in [5.74, 6) is 0.841. The molecule has 0 atom stereocenters. The Morgan fingerprint density at radius 3 is 2.44 bits per heavy atom. The van der Waals surface area contributed by atoms with E-state index in [2.05, 4.69) is 36.2 Å². The van der Waals surface area contributed by atoms with Crippen LogP contribution in [0.2, 0.25) is 0 Å². The van der Waals surface area contributed by atoms with Crippen LogP contribution in [0.4, 0.5) is 5.69 Å². The highest BCUT2D eigenvalue weighted by atomic mass is 15.2. The number of fused-ring (bicyclic) bond motifs is 1. The van der Waals surface area contributed by atoms with E-state index in [0.29, 0.717) is 5.69 Å². The van der Waals surface area contributed by atoms with Crippen LogP contribution < -0.4 is 5.73 Å². The first-order valence-electron chi connectivity index (χ1n) is 5.83. The number of hydrogen-bond acceptors (Lipinski definition) is 3. The molecule has 0 amide bonds. The molecule has 2 N–H and O–H groups in total. The Labute approximate surface area is 105 Å². The zero-order valence-corrected chi connectivity index (χ0v) is 10.4. The Morgan fingerprint density at radius 1 is 1.00 bits per heavy atom. The molecule has 3 rings (SSSR count). The number of nitrogens with zero attached hydrogens (tertiary/aromatic N) is 3. The van der Waals surface area contributed by atoms with E-state index >= 15 is 0 Å². The van der Waals surface area contributed by atoms with Gasteiger partial charge < -0.3 is 5.73 Å². The van der Waals surface area contributed by atoms with Crippen molar-refractivity contribution in [2.24, 2.45) is 0 Å². The zero-order valence-electron chi connectivity index (χ0n) is 10.4. The van der Waals surface area contributed by atoms with Crippen molar-refractivity contribution in [2.75, 3.05) is 5.73 Å². The smallest absolute Gasteiger partial charge is 0.168 e. The molecule has 4 nitrogen and oxygen atoms in total. The van der Waals surface area contributed by atoms with E-state index in [-0.39, 0.29) is 0 Å². The van der Waals surface area contributed by atoms with Gasteiger partial charge >= 0.3 is 0 Å². The Balaban J connectivity index is 2.35. The Kier molecular flexibility index (Phi) is 2.30. The molecule has 2 heterocycles. The number of nitrogen functional groups attached to an aromatic ring is 1. The molecule has 0 radical (unpaired) electrons. The highest BCUT2D eigenvalue weighted by Gasteiger charge is 2.12. The lowest BCUT2D eigenvalue weighted by atomic mass is 10.0. The standard InChI is InChI=1S/C14H14N4/c1-9-4-3-5-10(2)13(9)14-17-16-12-7-6-11(15)8-18(12)14/h3-8H,15H2,1-2H3. The number of rotatable bonds is 1. The summed E-state index contributed by atoms with van der Waals surface area (Å²) < 4.78 is 1.94. The molecule has 4 heteroatoms. The summed E-state index contributed by atoms with van der Waals surface area (Å²) >= 11 is 0. The van der Waals surface area contributed by atoms with E-state index < -0.39 is 0 Å². The van der Waals surface area contributed by atoms with Gasteiger partial charge in [-0.2, -0.15) is 0 Å². The Hall–Kier alpha value is -2.36. The van der Waals surface area contributed by atoms with E-state index in [4.69, 9.17) is 5.73 Å². The first-order chi connectivity index (χ1) is 8.66. The van der Waals surface area contributed by atoms with E-state index in [0.717, 1.165) is 17.0 Å². The molecule has 2 aromatic heterocycles. The molecule has 0 aliphatic carbocycles. The molecule has 18 heavy (non-hydrogen) atoms. The third kappa shape index (κ3) is 1.54. The van der Waals surface area contributed by atoms with Crippen molar-refractivity contribution >= 4 is 11.3 Å². The van der Waals surface area contributed by atoms with Gasteiger partial charge in [-0.1, -0.05) is 18.2 Å². The Morgan fingerprint density at radius 2 is 1.72 bits per heavy atom. The lowest BCUT2D eigenvalue weighted by Gasteiger charge is -2.08. The van der Waals surface area contributed by atoms with E-state index in [1.807, 2.05) is 28.8 Å². The maximum absolute atomic E-state index is 5.83. The van der Waals surface area contributed by atoms with Crippen LogP contribution >= 0.6 is 0 Å². The lowest BCUT2D eigenvalue weighted by Crippen LogP contribution is -1.96. The molecule has 0 spiro atoms. The summed E-state index contributed by atoms with van der Waals surface area (Å²) in [6, 6.07) is 9.91. The van der Waals surface area contributed by atoms with Crippen LogP contribution in [0.25, 0.3) is 17.0 Å². The van der Waals surface area contributed by atoms with Crippen LogP contribution in [0.5, 0.6) is 0 Å². The van der Waals surface area contributed by atoms with Gasteiger partial charge in [-0.15, -0.1) is 10.2 Å². The van der Waals surface area contributed by atoms with Crippen molar-refractivity contribution in [2.45, 2.75) is 13.8 Å². The highest BCUT2D eigenvalue weighted by Crippen LogP contribution is 2.26. The molecule has 0 fully saturated rings. The molecular weight excluding hydrogens is 224 g/mol. The predicted molar refractivity (Wildman–Crippen MR) is 72.3 cm³/mol. The van der Waals surface area contributed by atoms with Crippen molar-refractivity contribution in [3.63, 3.8) is 0 Å². The number of anilines is 1. The number of benzene rings is 1. The summed E-state index contributed by atoms with van der Waals surface area (Å²) in [5.41, 5.74) is 10.8. The molecule has 90 valence electrons. The number of pyridine rings is 1. The number of aromatic nitrogens is 3. The summed E-state index contributed by atoms with van der Waals surface area (Å²) in [4.78, 5) is 0. The fraction of sp³-hybridized carbons (Fsp3) is 0.143. The van der Waals surface area contributed by atoms with Crippen LogP contribution in [0.15, 0.2) is 36.5 Å². The second-order valence-corrected chi connectivity index (χ2v) is 4.48. The number of nitrogens with two attached hydrogens (primary N) is 1. The molecule has 0 aliphatic rings. The minimum absolute atomic E-state index is 0.704. The fourth-order valence-corrected chi connectivity index (χ4v) is 2.24. The summed E-state index contributed by atoms with van der Waals surface area (Å²) in [6.45, 7) is 4.16. The fourth-order valence-electron chi connectivity index (χ4n) is 2.24. The first-order valence-corrected chi connectivity index (χ1v) is 5.83. The maximum atomic E-state index is 5.83. The largest absolute Gasteiger partial charge is 0.398 e. The van der Waals surface area contributed by atoms with Crippen molar-refractivity contribution in [3.8, 4) is 11.4 Å². The van der Waals surface area contributed by atoms with Gasteiger partial charge in [0.2, 0.25) is 0 Å². The predicted octanol–water partition coefficient (Wildman–Crippen LogP) is 2.60. The summed E-state index contributed by atoms with van der Waals surface area (Å²) in [5, 5.41) is 8.46. The maximum Gasteiger partial charge on any atom is 0.168 e. The van der Waals surface area contributed by atoms with Gasteiger partial charge in [0.25, 0.3) is 0 Å². The third-order valence-electron chi connectivity index (χ3n) is 3.13. The van der Waals surface area contributed by atoms with E-state index in [9.17, 15) is 0 Å². The second-order valence-electron chi connectivity index (χ2n) is 4.48. The second kappa shape index (κ2) is 3.84. The highest BCUT2D eigenvalue weighted by molar-refractivity contribution is 5.67. The van der Waals surface area contributed by atoms with Gasteiger partial charge in [0.05, 0.1) is 0 Å². The minimum atomic E-state index is 0.704. The van der Waals surface area contributed by atoms with Gasteiger partial charge in [0.15, 0.2) is 11.5 Å². The molecule has 0 saturated carbocycles. The van der Waals surface area contributed by atoms with Crippen LogP contribution in [0.3, 0.4) is 0 Å². The zero-order chi connectivity index (χ0) is 12.7. The topological polar surface area (TPSA) is 56.2 Å². The van der Waals surface area contributed by atoms with Crippen molar-refractivity contribution in [1.82, 2.24) is 14.6 Å². The van der Waals surface area contributed by atoms with E-state index in [1.165, 1.54) is 11.1 Å². The average Bonchev–Trinajstić information content (AvgIpc) is 2.72. The SMILES string of the molecule is Cc1cccc(C)c1-c1nnc2ccc(N)cn12. The molecule has 0 aliphatic heterocycles. The van der Waals surface area contributed by atoms with Gasteiger partial charge in [-0.3, -0.25) is 4.40 Å². The van der Waals surface area contributed by atoms with Gasteiger partial charge in [0, 0.05) is 17.4 Å². The lowest BCUT2D eigenvalue weighted by molar-refractivity contribution is 1.10. The normalized spacial score (nSPS) is 11.0. The third-order valence-corrected chi connectivity index (χ3v) is 3.13. The van der Waals surface area contributed by atoms with Crippen LogP contribution in [0, 0.1) is 13.8 Å². The van der Waals surface area contributed by atoms with Gasteiger partial charge in [-0.25, -0.2) is 0 Å². The van der Waals surface area contributed by atoms with Gasteiger partial charge in [-0.05, 0) is 37.1 Å². The van der Waals surface area contributed by atoms with Crippen molar-refractivity contribution < 1.29 is 0 Å². The molecule has 1 aromatic carbocycles. The van der Waals surface area contributed by atoms with E-state index in [1.54, 1.807) is 0 Å². The molecule has 0 bridgehead atoms. The van der Waals surface area contributed by atoms with Gasteiger partial charge in [0.1, 0.15) is 0 Å². The van der Waals surface area contributed by atoms with Crippen LogP contribution in [0.1, 0.15) is 11.1 Å². The van der Waals surface area contributed by atoms with Crippen molar-refractivity contribution in [3.05, 3.63) is 47.7 Å². The number of aryl methyl sites for hydroxylation is 2. The molecule has 0 unspecified atom stereocenters. The van der Waals surface area contributed by atoms with Crippen LogP contribution in [-0.2, 0) is 0 Å². The number of hydrogen-bond donors (Lipinski definition) is 1. The molecule has 3 aromatic rings. The average molecular weight is 238 g/mol. The summed E-state index contributed by atoms with van der Waals surface area (Å²) in [7, 11) is 0. The Bertz CT molecular complexity index is 707.